The monoisotopic (exact) mass is 239 g/mol. The second-order valence-corrected chi connectivity index (χ2v) is 2.96. The minimum atomic E-state index is -1.32. The molecule has 6 nitrogen and oxygen atoms in total. The first-order valence-corrected chi connectivity index (χ1v) is 4.31. The molecule has 0 saturated heterocycles. The fourth-order valence-corrected chi connectivity index (χ4v) is 1.05. The summed E-state index contributed by atoms with van der Waals surface area (Å²) in [6.07, 6.45) is 1.34. The molecule has 0 unspecified atom stereocenters. The molecule has 0 radical (unpaired) electrons. The van der Waals surface area contributed by atoms with E-state index >= 15 is 0 Å². The van der Waals surface area contributed by atoms with Crippen LogP contribution in [-0.4, -0.2) is 21.8 Å². The van der Waals surface area contributed by atoms with E-state index in [-0.39, 0.29) is 5.56 Å². The van der Waals surface area contributed by atoms with E-state index < -0.39 is 28.2 Å². The van der Waals surface area contributed by atoms with E-state index in [2.05, 4.69) is 0 Å². The highest BCUT2D eigenvalue weighted by molar-refractivity contribution is 6.06. The zero-order valence-corrected chi connectivity index (χ0v) is 8.29. The molecule has 0 aromatic heterocycles. The van der Waals surface area contributed by atoms with E-state index in [1.807, 2.05) is 0 Å². The van der Waals surface area contributed by atoms with Gasteiger partial charge in [-0.3, -0.25) is 14.9 Å². The maximum absolute atomic E-state index is 13.1. The van der Waals surface area contributed by atoms with E-state index in [4.69, 9.17) is 5.11 Å². The highest BCUT2D eigenvalue weighted by atomic mass is 19.1. The van der Waals surface area contributed by atoms with Crippen molar-refractivity contribution in [2.24, 2.45) is 0 Å². The Balaban J connectivity index is 3.02. The molecule has 0 saturated carbocycles. The number of carboxylic acids is 1. The molecule has 1 aromatic carbocycles. The zero-order chi connectivity index (χ0) is 13.0. The fraction of sp³-hybridized carbons (Fsp3) is 0. The van der Waals surface area contributed by atoms with Crippen LogP contribution in [0, 0.1) is 15.9 Å². The number of benzene rings is 1. The van der Waals surface area contributed by atoms with Crippen molar-refractivity contribution in [2.75, 3.05) is 0 Å². The predicted molar refractivity (Wildman–Crippen MR) is 54.2 cm³/mol. The first-order chi connectivity index (χ1) is 7.91. The van der Waals surface area contributed by atoms with Crippen molar-refractivity contribution in [3.05, 3.63) is 51.8 Å². The summed E-state index contributed by atoms with van der Waals surface area (Å²) >= 11 is 0. The minimum Gasteiger partial charge on any atom is -0.478 e. The van der Waals surface area contributed by atoms with Gasteiger partial charge in [-0.1, -0.05) is 0 Å². The van der Waals surface area contributed by atoms with Crippen LogP contribution in [0.1, 0.15) is 10.4 Å². The van der Waals surface area contributed by atoms with Crippen LogP contribution < -0.4 is 0 Å². The van der Waals surface area contributed by atoms with Crippen molar-refractivity contribution >= 4 is 17.4 Å². The number of halogens is 1. The number of carboxylic acid groups (broad SMARTS) is 1. The minimum absolute atomic E-state index is 0.161. The largest absolute Gasteiger partial charge is 0.478 e. The molecule has 17 heavy (non-hydrogen) atoms. The molecule has 0 bridgehead atoms. The average Bonchev–Trinajstić information content (AvgIpc) is 2.25. The van der Waals surface area contributed by atoms with Gasteiger partial charge in [-0.05, 0) is 18.2 Å². The van der Waals surface area contributed by atoms with Crippen LogP contribution in [0.3, 0.4) is 0 Å². The van der Waals surface area contributed by atoms with Crippen molar-refractivity contribution in [1.82, 2.24) is 0 Å². The van der Waals surface area contributed by atoms with Gasteiger partial charge >= 0.3 is 11.7 Å². The summed E-state index contributed by atoms with van der Waals surface area (Å²) in [5.41, 5.74) is -0.908. The average molecular weight is 239 g/mol. The Morgan fingerprint density at radius 1 is 1.35 bits per heavy atom. The molecular weight excluding hydrogens is 233 g/mol. The lowest BCUT2D eigenvalue weighted by Crippen LogP contribution is -1.99. The van der Waals surface area contributed by atoms with E-state index in [1.165, 1.54) is 0 Å². The second kappa shape index (κ2) is 4.97. The first kappa shape index (κ1) is 12.5. The number of hydrogen-bond acceptors (Lipinski definition) is 4. The maximum Gasteiger partial charge on any atom is 0.328 e. The zero-order valence-electron chi connectivity index (χ0n) is 8.29. The van der Waals surface area contributed by atoms with Gasteiger partial charge in [-0.15, -0.1) is 0 Å². The third-order valence-corrected chi connectivity index (χ3v) is 1.81. The maximum atomic E-state index is 13.1. The number of aliphatic carboxylic acids is 1. The fourth-order valence-electron chi connectivity index (χ4n) is 1.05. The van der Waals surface area contributed by atoms with Gasteiger partial charge in [0.05, 0.1) is 4.92 Å². The number of hydrogen-bond donors (Lipinski definition) is 1. The van der Waals surface area contributed by atoms with Crippen LogP contribution in [0.2, 0.25) is 0 Å². The van der Waals surface area contributed by atoms with Gasteiger partial charge in [0.15, 0.2) is 5.78 Å². The highest BCUT2D eigenvalue weighted by Gasteiger charge is 2.15. The summed E-state index contributed by atoms with van der Waals surface area (Å²) in [7, 11) is 0. The lowest BCUT2D eigenvalue weighted by Gasteiger charge is -1.97. The van der Waals surface area contributed by atoms with Crippen LogP contribution >= 0.6 is 0 Å². The molecule has 0 aliphatic rings. The van der Waals surface area contributed by atoms with Crippen LogP contribution in [-0.2, 0) is 4.79 Å². The second-order valence-electron chi connectivity index (χ2n) is 2.96. The molecule has 7 heteroatoms. The molecule has 88 valence electrons. The Labute approximate surface area is 94.1 Å². The molecule has 0 aliphatic carbocycles. The first-order valence-electron chi connectivity index (χ1n) is 4.31. The number of nitrogens with zero attached hydrogens (tertiary/aromatic N) is 1. The smallest absolute Gasteiger partial charge is 0.328 e. The lowest BCUT2D eigenvalue weighted by molar-refractivity contribution is -0.387. The highest BCUT2D eigenvalue weighted by Crippen LogP contribution is 2.18. The molecule has 0 aliphatic heterocycles. The molecular formula is C10H6FNO5. The van der Waals surface area contributed by atoms with E-state index in [9.17, 15) is 24.1 Å². The van der Waals surface area contributed by atoms with E-state index in [0.717, 1.165) is 18.2 Å². The number of carbonyl (C=O) groups is 2. The number of rotatable bonds is 4. The van der Waals surface area contributed by atoms with Gasteiger partial charge in [0.1, 0.15) is 0 Å². The Bertz CT molecular complexity index is 523. The summed E-state index contributed by atoms with van der Waals surface area (Å²) < 4.78 is 13.1. The molecule has 1 N–H and O–H groups in total. The topological polar surface area (TPSA) is 97.5 Å². The van der Waals surface area contributed by atoms with Gasteiger partial charge < -0.3 is 5.11 Å². The molecule has 0 fully saturated rings. The number of ketones is 1. The van der Waals surface area contributed by atoms with Crippen molar-refractivity contribution < 1.29 is 24.0 Å². The number of carbonyl (C=O) groups excluding carboxylic acids is 1. The predicted octanol–water partition coefficient (Wildman–Crippen LogP) is 1.56. The normalized spacial score (nSPS) is 10.4. The van der Waals surface area contributed by atoms with Crippen molar-refractivity contribution in [3.63, 3.8) is 0 Å². The van der Waals surface area contributed by atoms with Gasteiger partial charge in [0, 0.05) is 17.7 Å². The Hall–Kier alpha value is -2.57. The van der Waals surface area contributed by atoms with E-state index in [0.29, 0.717) is 12.1 Å². The molecule has 0 atom stereocenters. The van der Waals surface area contributed by atoms with Crippen LogP contribution in [0.4, 0.5) is 10.1 Å². The number of nitro benzene ring substituents is 1. The summed E-state index contributed by atoms with van der Waals surface area (Å²) in [6, 6.07) is 2.58. The quantitative estimate of drug-likeness (QED) is 0.372. The van der Waals surface area contributed by atoms with Gasteiger partial charge in [0.25, 0.3) is 0 Å². The Morgan fingerprint density at radius 2 is 2.00 bits per heavy atom. The third-order valence-electron chi connectivity index (χ3n) is 1.81. The van der Waals surface area contributed by atoms with Gasteiger partial charge in [-0.2, -0.15) is 4.39 Å². The van der Waals surface area contributed by atoms with Crippen LogP contribution in [0.5, 0.6) is 0 Å². The Morgan fingerprint density at radius 3 is 2.47 bits per heavy atom. The molecule has 1 aromatic rings. The standard InChI is InChI=1S/C10H6FNO5/c11-7-5-6(1-2-8(7)12(16)17)9(13)3-4-10(14)15/h1-5H,(H,14,15)/b4-3+. The molecule has 0 heterocycles. The van der Waals surface area contributed by atoms with Crippen LogP contribution in [0.15, 0.2) is 30.4 Å². The van der Waals surface area contributed by atoms with Crippen molar-refractivity contribution in [2.45, 2.75) is 0 Å². The third kappa shape index (κ3) is 3.20. The number of nitro groups is 1. The molecule has 0 spiro atoms. The Kier molecular flexibility index (Phi) is 3.66. The summed E-state index contributed by atoms with van der Waals surface area (Å²) in [4.78, 5) is 30.8. The van der Waals surface area contributed by atoms with Crippen molar-refractivity contribution in [1.29, 1.82) is 0 Å². The SMILES string of the molecule is O=C(O)/C=C/C(=O)c1ccc([N+](=O)[O-])c(F)c1. The molecule has 0 amide bonds. The summed E-state index contributed by atoms with van der Waals surface area (Å²) in [6.45, 7) is 0. The molecule has 1 rings (SSSR count). The summed E-state index contributed by atoms with van der Waals surface area (Å²) in [5, 5.41) is 18.6. The van der Waals surface area contributed by atoms with Gasteiger partial charge in [-0.25, -0.2) is 4.79 Å². The van der Waals surface area contributed by atoms with Gasteiger partial charge in [0.2, 0.25) is 5.82 Å². The number of allylic oxidation sites excluding steroid dienone is 1. The van der Waals surface area contributed by atoms with Crippen molar-refractivity contribution in [3.8, 4) is 0 Å². The lowest BCUT2D eigenvalue weighted by atomic mass is 10.1. The van der Waals surface area contributed by atoms with Crippen LogP contribution in [0.25, 0.3) is 0 Å². The summed E-state index contributed by atoms with van der Waals surface area (Å²) in [5.74, 6) is -3.22. The van der Waals surface area contributed by atoms with E-state index in [1.54, 1.807) is 0 Å².